The Morgan fingerprint density at radius 1 is 1.43 bits per heavy atom. The van der Waals surface area contributed by atoms with E-state index in [9.17, 15) is 0 Å². The fourth-order valence-electron chi connectivity index (χ4n) is 1.25. The van der Waals surface area contributed by atoms with Crippen LogP contribution in [0.4, 0.5) is 0 Å². The Hall–Kier alpha value is -0.940. The molecular formula is C9H11BrN4. The Balaban J connectivity index is 2.41. The van der Waals surface area contributed by atoms with Gasteiger partial charge < -0.3 is 4.90 Å². The van der Waals surface area contributed by atoms with Crippen LogP contribution in [0.3, 0.4) is 0 Å². The molecule has 0 unspecified atom stereocenters. The zero-order chi connectivity index (χ0) is 10.1. The summed E-state index contributed by atoms with van der Waals surface area (Å²) in [6.07, 6.45) is 1.90. The van der Waals surface area contributed by atoms with Crippen LogP contribution in [0.15, 0.2) is 22.8 Å². The topological polar surface area (TPSA) is 33.4 Å². The summed E-state index contributed by atoms with van der Waals surface area (Å²) in [4.78, 5) is 6.43. The lowest BCUT2D eigenvalue weighted by Gasteiger charge is -2.03. The van der Waals surface area contributed by atoms with E-state index >= 15 is 0 Å². The van der Waals surface area contributed by atoms with Gasteiger partial charge in [-0.15, -0.1) is 5.10 Å². The summed E-state index contributed by atoms with van der Waals surface area (Å²) >= 11 is 3.39. The van der Waals surface area contributed by atoms with Crippen molar-refractivity contribution in [2.24, 2.45) is 0 Å². The molecule has 2 aromatic heterocycles. The monoisotopic (exact) mass is 254 g/mol. The molecular weight excluding hydrogens is 244 g/mol. The molecule has 0 amide bonds. The Morgan fingerprint density at radius 3 is 2.93 bits per heavy atom. The molecule has 4 nitrogen and oxygen atoms in total. The van der Waals surface area contributed by atoms with E-state index in [4.69, 9.17) is 0 Å². The molecule has 0 saturated carbocycles. The molecule has 0 aromatic carbocycles. The van der Waals surface area contributed by atoms with E-state index in [2.05, 4.69) is 26.0 Å². The van der Waals surface area contributed by atoms with Crippen LogP contribution < -0.4 is 0 Å². The second-order valence-corrected chi connectivity index (χ2v) is 4.33. The highest BCUT2D eigenvalue weighted by Gasteiger charge is 2.03. The van der Waals surface area contributed by atoms with Gasteiger partial charge in [-0.25, -0.2) is 9.50 Å². The van der Waals surface area contributed by atoms with Gasteiger partial charge in [0.15, 0.2) is 11.5 Å². The van der Waals surface area contributed by atoms with Gasteiger partial charge >= 0.3 is 0 Å². The van der Waals surface area contributed by atoms with Crippen molar-refractivity contribution in [3.05, 3.63) is 28.6 Å². The molecule has 5 heteroatoms. The summed E-state index contributed by atoms with van der Waals surface area (Å²) in [5.41, 5.74) is 0.880. The van der Waals surface area contributed by atoms with Gasteiger partial charge in [-0.05, 0) is 42.2 Å². The molecule has 0 saturated heterocycles. The molecule has 0 bridgehead atoms. The molecule has 0 aliphatic rings. The first-order valence-corrected chi connectivity index (χ1v) is 5.10. The lowest BCUT2D eigenvalue weighted by molar-refractivity contribution is 0.390. The fourth-order valence-corrected chi connectivity index (χ4v) is 1.58. The molecule has 0 fully saturated rings. The second-order valence-electron chi connectivity index (χ2n) is 3.42. The van der Waals surface area contributed by atoms with Crippen LogP contribution in [0.2, 0.25) is 0 Å². The quantitative estimate of drug-likeness (QED) is 0.816. The Bertz CT molecular complexity index is 449. The van der Waals surface area contributed by atoms with Crippen molar-refractivity contribution in [1.82, 2.24) is 19.5 Å². The van der Waals surface area contributed by atoms with Gasteiger partial charge in [0, 0.05) is 10.7 Å². The van der Waals surface area contributed by atoms with Gasteiger partial charge in [0.05, 0.1) is 6.54 Å². The molecule has 2 aromatic rings. The number of hydrogen-bond donors (Lipinski definition) is 0. The number of aromatic nitrogens is 3. The van der Waals surface area contributed by atoms with Gasteiger partial charge in [0.1, 0.15) is 0 Å². The molecule has 0 spiro atoms. The first kappa shape index (κ1) is 9.61. The third-order valence-electron chi connectivity index (χ3n) is 1.80. The number of halogens is 1. The van der Waals surface area contributed by atoms with Crippen molar-refractivity contribution in [2.75, 3.05) is 14.1 Å². The first-order chi connectivity index (χ1) is 6.65. The maximum absolute atomic E-state index is 4.38. The van der Waals surface area contributed by atoms with Gasteiger partial charge in [-0.3, -0.25) is 0 Å². The van der Waals surface area contributed by atoms with Crippen LogP contribution in [-0.4, -0.2) is 33.6 Å². The summed E-state index contributed by atoms with van der Waals surface area (Å²) in [6, 6.07) is 3.90. The number of hydrogen-bond acceptors (Lipinski definition) is 3. The number of nitrogens with zero attached hydrogens (tertiary/aromatic N) is 4. The smallest absolute Gasteiger partial charge is 0.165 e. The predicted molar refractivity (Wildman–Crippen MR) is 58.1 cm³/mol. The third kappa shape index (κ3) is 1.93. The molecule has 74 valence electrons. The first-order valence-electron chi connectivity index (χ1n) is 4.31. The molecule has 2 heterocycles. The van der Waals surface area contributed by atoms with Crippen molar-refractivity contribution in [2.45, 2.75) is 6.54 Å². The average Bonchev–Trinajstić information content (AvgIpc) is 2.44. The van der Waals surface area contributed by atoms with Crippen LogP contribution in [-0.2, 0) is 6.54 Å². The summed E-state index contributed by atoms with van der Waals surface area (Å²) in [7, 11) is 4.00. The van der Waals surface area contributed by atoms with Crippen LogP contribution in [0, 0.1) is 0 Å². The van der Waals surface area contributed by atoms with E-state index in [0.717, 1.165) is 22.5 Å². The largest absolute Gasteiger partial charge is 0.302 e. The number of fused-ring (bicyclic) bond motifs is 1. The Labute approximate surface area is 90.7 Å². The maximum Gasteiger partial charge on any atom is 0.165 e. The van der Waals surface area contributed by atoms with E-state index in [1.807, 2.05) is 37.3 Å². The van der Waals surface area contributed by atoms with E-state index in [1.54, 1.807) is 4.52 Å². The van der Waals surface area contributed by atoms with Crippen molar-refractivity contribution < 1.29 is 0 Å². The maximum atomic E-state index is 4.38. The van der Waals surface area contributed by atoms with E-state index in [1.165, 1.54) is 0 Å². The highest BCUT2D eigenvalue weighted by Crippen LogP contribution is 2.10. The Morgan fingerprint density at radius 2 is 2.21 bits per heavy atom. The number of rotatable bonds is 2. The van der Waals surface area contributed by atoms with Crippen molar-refractivity contribution in [1.29, 1.82) is 0 Å². The third-order valence-corrected chi connectivity index (χ3v) is 2.27. The highest BCUT2D eigenvalue weighted by atomic mass is 79.9. The molecule has 14 heavy (non-hydrogen) atoms. The van der Waals surface area contributed by atoms with Gasteiger partial charge in [-0.2, -0.15) is 0 Å². The summed E-state index contributed by atoms with van der Waals surface area (Å²) in [6.45, 7) is 0.763. The van der Waals surface area contributed by atoms with Gasteiger partial charge in [-0.1, -0.05) is 0 Å². The van der Waals surface area contributed by atoms with Crippen molar-refractivity contribution in [3.8, 4) is 0 Å². The van der Waals surface area contributed by atoms with Crippen molar-refractivity contribution in [3.63, 3.8) is 0 Å². The second kappa shape index (κ2) is 3.67. The molecule has 0 atom stereocenters. The zero-order valence-electron chi connectivity index (χ0n) is 8.11. The lowest BCUT2D eigenvalue weighted by Crippen LogP contribution is -2.11. The van der Waals surface area contributed by atoms with Crippen LogP contribution in [0.5, 0.6) is 0 Å². The minimum absolute atomic E-state index is 0.763. The summed E-state index contributed by atoms with van der Waals surface area (Å²) < 4.78 is 2.79. The fraction of sp³-hybridized carbons (Fsp3) is 0.333. The minimum atomic E-state index is 0.763. The average molecular weight is 255 g/mol. The molecule has 2 rings (SSSR count). The van der Waals surface area contributed by atoms with E-state index in [-0.39, 0.29) is 0 Å². The van der Waals surface area contributed by atoms with E-state index < -0.39 is 0 Å². The predicted octanol–water partition coefficient (Wildman–Crippen LogP) is 1.55. The summed E-state index contributed by atoms with van der Waals surface area (Å²) in [5.74, 6) is 0.841. The molecule has 0 radical (unpaired) electrons. The highest BCUT2D eigenvalue weighted by molar-refractivity contribution is 9.10. The molecule has 0 N–H and O–H groups in total. The van der Waals surface area contributed by atoms with Gasteiger partial charge in [0.2, 0.25) is 0 Å². The SMILES string of the molecule is CN(C)Cc1nc2ccc(Br)cn2n1. The minimum Gasteiger partial charge on any atom is -0.302 e. The number of pyridine rings is 1. The van der Waals surface area contributed by atoms with E-state index in [0.29, 0.717) is 0 Å². The lowest BCUT2D eigenvalue weighted by atomic mass is 10.5. The zero-order valence-corrected chi connectivity index (χ0v) is 9.69. The molecule has 0 aliphatic heterocycles. The van der Waals surface area contributed by atoms with Crippen molar-refractivity contribution >= 4 is 21.6 Å². The van der Waals surface area contributed by atoms with Gasteiger partial charge in [0.25, 0.3) is 0 Å². The standard InChI is InChI=1S/C9H11BrN4/c1-13(2)6-8-11-9-4-3-7(10)5-14(9)12-8/h3-5H,6H2,1-2H3. The van der Waals surface area contributed by atoms with Crippen LogP contribution >= 0.6 is 15.9 Å². The summed E-state index contributed by atoms with van der Waals surface area (Å²) in [5, 5.41) is 4.35. The normalized spacial score (nSPS) is 11.4. The van der Waals surface area contributed by atoms with Crippen LogP contribution in [0.1, 0.15) is 5.82 Å². The molecule has 0 aliphatic carbocycles. The van der Waals surface area contributed by atoms with Crippen LogP contribution in [0.25, 0.3) is 5.65 Å². The Kier molecular flexibility index (Phi) is 2.52.